The second kappa shape index (κ2) is 3.92. The van der Waals surface area contributed by atoms with E-state index in [0.717, 1.165) is 11.6 Å². The highest BCUT2D eigenvalue weighted by molar-refractivity contribution is 7.93. The number of fused-ring (bicyclic) bond motifs is 1. The Bertz CT molecular complexity index is 597. The molecular weight excluding hydrogens is 230 g/mol. The molecule has 6 heteroatoms. The number of isocyanates is 1. The van der Waals surface area contributed by atoms with Gasteiger partial charge >= 0.3 is 10.0 Å². The van der Waals surface area contributed by atoms with Crippen LogP contribution in [0.5, 0.6) is 5.75 Å². The summed E-state index contributed by atoms with van der Waals surface area (Å²) >= 11 is 0. The third-order valence-electron chi connectivity index (χ3n) is 2.08. The summed E-state index contributed by atoms with van der Waals surface area (Å²) in [6, 6.07) is 7.05. The molecule has 0 unspecified atom stereocenters. The zero-order valence-corrected chi connectivity index (χ0v) is 8.90. The van der Waals surface area contributed by atoms with Gasteiger partial charge in [0.25, 0.3) is 6.08 Å². The highest BCUT2D eigenvalue weighted by Gasteiger charge is 2.23. The van der Waals surface area contributed by atoms with Crippen molar-refractivity contribution in [3.63, 3.8) is 0 Å². The molecule has 1 aromatic carbocycles. The Morgan fingerprint density at radius 1 is 1.31 bits per heavy atom. The van der Waals surface area contributed by atoms with Crippen LogP contribution in [0.25, 0.3) is 0 Å². The lowest BCUT2D eigenvalue weighted by atomic mass is 10.1. The second-order valence-electron chi connectivity index (χ2n) is 3.09. The van der Waals surface area contributed by atoms with Crippen molar-refractivity contribution >= 4 is 16.1 Å². The van der Waals surface area contributed by atoms with E-state index in [0.29, 0.717) is 12.2 Å². The number of para-hydroxylation sites is 1. The summed E-state index contributed by atoms with van der Waals surface area (Å²) in [6.45, 7) is 0. The lowest BCUT2D eigenvalue weighted by Gasteiger charge is -2.15. The Kier molecular flexibility index (Phi) is 2.60. The van der Waals surface area contributed by atoms with E-state index >= 15 is 0 Å². The van der Waals surface area contributed by atoms with Crippen LogP contribution < -0.4 is 4.74 Å². The molecule has 0 saturated heterocycles. The molecule has 0 amide bonds. The maximum absolute atomic E-state index is 11.4. The number of carbonyl (C=O) groups excluding carboxylic acids is 1. The van der Waals surface area contributed by atoms with Crippen LogP contribution in [0.15, 0.2) is 39.8 Å². The third-order valence-corrected chi connectivity index (χ3v) is 3.16. The monoisotopic (exact) mass is 237 g/mol. The largest absolute Gasteiger partial charge is 0.443 e. The van der Waals surface area contributed by atoms with E-state index in [4.69, 9.17) is 4.74 Å². The van der Waals surface area contributed by atoms with Gasteiger partial charge in [0.1, 0.15) is 5.75 Å². The standard InChI is InChI=1S/C10H7NO4S/c12-7-11-16(13,14)10-6-5-8-3-1-2-4-9(8)15-10/h1-4,6H,5H2. The first-order valence-corrected chi connectivity index (χ1v) is 5.87. The van der Waals surface area contributed by atoms with Gasteiger partial charge in [-0.1, -0.05) is 22.6 Å². The fourth-order valence-electron chi connectivity index (χ4n) is 1.37. The van der Waals surface area contributed by atoms with Crippen LogP contribution >= 0.6 is 0 Å². The molecule has 1 heterocycles. The fourth-order valence-corrected chi connectivity index (χ4v) is 2.04. The molecule has 1 aliphatic heterocycles. The molecule has 16 heavy (non-hydrogen) atoms. The molecule has 82 valence electrons. The van der Waals surface area contributed by atoms with Crippen molar-refractivity contribution in [1.29, 1.82) is 0 Å². The Labute approximate surface area is 92.1 Å². The van der Waals surface area contributed by atoms with Crippen molar-refractivity contribution in [2.75, 3.05) is 0 Å². The minimum Gasteiger partial charge on any atom is -0.443 e. The normalized spacial score (nSPS) is 14.1. The van der Waals surface area contributed by atoms with Crippen LogP contribution in [-0.2, 0) is 21.2 Å². The highest BCUT2D eigenvalue weighted by atomic mass is 32.2. The zero-order chi connectivity index (χ0) is 11.6. The summed E-state index contributed by atoms with van der Waals surface area (Å²) in [6.07, 6.45) is 2.80. The Hall–Kier alpha value is -1.91. The number of benzene rings is 1. The average Bonchev–Trinajstić information content (AvgIpc) is 2.28. The first-order chi connectivity index (χ1) is 7.63. The lowest BCUT2D eigenvalue weighted by molar-refractivity contribution is 0.434. The number of ether oxygens (including phenoxy) is 1. The predicted octanol–water partition coefficient (Wildman–Crippen LogP) is 1.13. The molecule has 0 N–H and O–H groups in total. The molecule has 5 nitrogen and oxygen atoms in total. The first-order valence-electron chi connectivity index (χ1n) is 4.43. The van der Waals surface area contributed by atoms with Gasteiger partial charge in [0, 0.05) is 0 Å². The smallest absolute Gasteiger partial charge is 0.325 e. The predicted molar refractivity (Wildman–Crippen MR) is 55.9 cm³/mol. The Morgan fingerprint density at radius 3 is 2.81 bits per heavy atom. The van der Waals surface area contributed by atoms with E-state index in [-0.39, 0.29) is 5.09 Å². The molecule has 0 spiro atoms. The fraction of sp³-hybridized carbons (Fsp3) is 0.100. The van der Waals surface area contributed by atoms with E-state index in [1.54, 1.807) is 12.1 Å². The van der Waals surface area contributed by atoms with Crippen molar-refractivity contribution in [2.24, 2.45) is 4.40 Å². The summed E-state index contributed by atoms with van der Waals surface area (Å²) in [7, 11) is -4.04. The number of nitrogens with zero attached hydrogens (tertiary/aromatic N) is 1. The van der Waals surface area contributed by atoms with E-state index in [9.17, 15) is 13.2 Å². The van der Waals surface area contributed by atoms with Gasteiger partial charge in [-0.15, -0.1) is 0 Å². The molecule has 0 bridgehead atoms. The van der Waals surface area contributed by atoms with Gasteiger partial charge in [-0.25, -0.2) is 4.79 Å². The van der Waals surface area contributed by atoms with Crippen molar-refractivity contribution in [3.05, 3.63) is 41.0 Å². The number of hydrogen-bond donors (Lipinski definition) is 0. The Balaban J connectivity index is 2.38. The van der Waals surface area contributed by atoms with E-state index in [1.165, 1.54) is 6.08 Å². The van der Waals surface area contributed by atoms with Crippen molar-refractivity contribution in [2.45, 2.75) is 6.42 Å². The Morgan fingerprint density at radius 2 is 2.06 bits per heavy atom. The van der Waals surface area contributed by atoms with Gasteiger partial charge < -0.3 is 4.74 Å². The van der Waals surface area contributed by atoms with Gasteiger partial charge in [0.2, 0.25) is 5.09 Å². The number of hydrogen-bond acceptors (Lipinski definition) is 4. The summed E-state index contributed by atoms with van der Waals surface area (Å²) in [5.74, 6) is 0.463. The molecular formula is C10H7NO4S. The minimum atomic E-state index is -4.04. The molecule has 0 aromatic heterocycles. The van der Waals surface area contributed by atoms with Crippen LogP contribution in [-0.4, -0.2) is 14.5 Å². The number of rotatable bonds is 2. The van der Waals surface area contributed by atoms with Gasteiger partial charge in [0.05, 0.1) is 0 Å². The maximum Gasteiger partial charge on any atom is 0.325 e. The van der Waals surface area contributed by atoms with Crippen molar-refractivity contribution in [1.82, 2.24) is 0 Å². The molecule has 1 aliphatic rings. The van der Waals surface area contributed by atoms with Crippen LogP contribution in [0, 0.1) is 0 Å². The van der Waals surface area contributed by atoms with Crippen molar-refractivity contribution < 1.29 is 17.9 Å². The third kappa shape index (κ3) is 1.88. The van der Waals surface area contributed by atoms with Gasteiger partial charge in [-0.2, -0.15) is 8.42 Å². The quantitative estimate of drug-likeness (QED) is 0.571. The van der Waals surface area contributed by atoms with E-state index in [1.807, 2.05) is 12.1 Å². The average molecular weight is 237 g/mol. The van der Waals surface area contributed by atoms with Gasteiger partial charge in [0.15, 0.2) is 0 Å². The second-order valence-corrected chi connectivity index (χ2v) is 4.63. The molecule has 0 atom stereocenters. The van der Waals surface area contributed by atoms with Crippen LogP contribution in [0.3, 0.4) is 0 Å². The molecule has 0 fully saturated rings. The summed E-state index contributed by atoms with van der Waals surface area (Å²) in [4.78, 5) is 9.96. The molecule has 0 radical (unpaired) electrons. The number of sulfonamides is 1. The van der Waals surface area contributed by atoms with E-state index < -0.39 is 10.0 Å². The lowest BCUT2D eigenvalue weighted by Crippen LogP contribution is -2.12. The minimum absolute atomic E-state index is 0.324. The SMILES string of the molecule is O=C=NS(=O)(=O)C1=CCc2ccccc2O1. The van der Waals surface area contributed by atoms with Crippen LogP contribution in [0.4, 0.5) is 0 Å². The molecule has 0 aliphatic carbocycles. The molecule has 0 saturated carbocycles. The summed E-state index contributed by atoms with van der Waals surface area (Å²) < 4.78 is 30.6. The molecule has 2 rings (SSSR count). The van der Waals surface area contributed by atoms with Crippen LogP contribution in [0.2, 0.25) is 0 Å². The zero-order valence-electron chi connectivity index (χ0n) is 8.08. The molecule has 1 aromatic rings. The van der Waals surface area contributed by atoms with E-state index in [2.05, 4.69) is 4.40 Å². The van der Waals surface area contributed by atoms with Gasteiger partial charge in [-0.3, -0.25) is 0 Å². The van der Waals surface area contributed by atoms with Crippen molar-refractivity contribution in [3.8, 4) is 5.75 Å². The first kappa shape index (κ1) is 10.6. The van der Waals surface area contributed by atoms with Crippen LogP contribution in [0.1, 0.15) is 5.56 Å². The van der Waals surface area contributed by atoms with Gasteiger partial charge in [-0.05, 0) is 24.1 Å². The highest BCUT2D eigenvalue weighted by Crippen LogP contribution is 2.28. The summed E-state index contributed by atoms with van der Waals surface area (Å²) in [5.41, 5.74) is 0.886. The summed E-state index contributed by atoms with van der Waals surface area (Å²) in [5, 5.41) is -0.324. The topological polar surface area (TPSA) is 72.8 Å². The maximum atomic E-state index is 11.4. The number of allylic oxidation sites excluding steroid dienone is 1.